The van der Waals surface area contributed by atoms with Crippen molar-refractivity contribution in [1.82, 2.24) is 9.97 Å². The summed E-state index contributed by atoms with van der Waals surface area (Å²) in [6.07, 6.45) is 1.02. The first-order valence-corrected chi connectivity index (χ1v) is 7.01. The number of nitro benzene ring substituents is 1. The van der Waals surface area contributed by atoms with Crippen LogP contribution in [0, 0.1) is 16.0 Å². The van der Waals surface area contributed by atoms with Gasteiger partial charge < -0.3 is 9.88 Å². The molecule has 1 aliphatic heterocycles. The predicted octanol–water partition coefficient (Wildman–Crippen LogP) is 2.92. The number of nitrogens with one attached hydrogen (secondary N) is 1. The van der Waals surface area contributed by atoms with Gasteiger partial charge in [-0.1, -0.05) is 6.92 Å². The van der Waals surface area contributed by atoms with Crippen LogP contribution >= 0.6 is 11.6 Å². The third-order valence-electron chi connectivity index (χ3n) is 3.83. The Morgan fingerprint density at radius 1 is 1.55 bits per heavy atom. The van der Waals surface area contributed by atoms with Gasteiger partial charge in [-0.25, -0.2) is 4.98 Å². The van der Waals surface area contributed by atoms with E-state index in [4.69, 9.17) is 11.6 Å². The minimum atomic E-state index is -0.405. The van der Waals surface area contributed by atoms with Crippen molar-refractivity contribution in [3.63, 3.8) is 0 Å². The van der Waals surface area contributed by atoms with E-state index in [1.807, 2.05) is 0 Å². The number of non-ortho nitro benzene ring substituents is 1. The summed E-state index contributed by atoms with van der Waals surface area (Å²) < 4.78 is 0. The van der Waals surface area contributed by atoms with Crippen molar-refractivity contribution in [3.05, 3.63) is 28.3 Å². The molecule has 1 aromatic heterocycles. The number of benzene rings is 1. The number of aromatic amines is 1. The van der Waals surface area contributed by atoms with Crippen molar-refractivity contribution >= 4 is 34.3 Å². The number of imidazole rings is 1. The van der Waals surface area contributed by atoms with Crippen LogP contribution in [0.5, 0.6) is 0 Å². The highest BCUT2D eigenvalue weighted by Gasteiger charge is 2.26. The number of aromatic nitrogens is 2. The van der Waals surface area contributed by atoms with Gasteiger partial charge in [0.2, 0.25) is 5.95 Å². The predicted molar refractivity (Wildman–Crippen MR) is 78.4 cm³/mol. The van der Waals surface area contributed by atoms with Crippen LogP contribution < -0.4 is 4.90 Å². The molecule has 0 radical (unpaired) electrons. The molecule has 2 atom stereocenters. The van der Waals surface area contributed by atoms with E-state index in [1.165, 1.54) is 12.1 Å². The highest BCUT2D eigenvalue weighted by Crippen LogP contribution is 2.27. The average molecular weight is 295 g/mol. The zero-order valence-corrected chi connectivity index (χ0v) is 11.8. The molecule has 7 heteroatoms. The Labute approximate surface area is 120 Å². The number of piperidine rings is 1. The van der Waals surface area contributed by atoms with E-state index in [-0.39, 0.29) is 11.1 Å². The van der Waals surface area contributed by atoms with Crippen molar-refractivity contribution < 1.29 is 4.92 Å². The molecule has 1 N–H and O–H groups in total. The third-order valence-corrected chi connectivity index (χ3v) is 4.40. The van der Waals surface area contributed by atoms with Crippen molar-refractivity contribution in [2.24, 2.45) is 5.92 Å². The fourth-order valence-electron chi connectivity index (χ4n) is 2.46. The van der Waals surface area contributed by atoms with E-state index in [0.717, 1.165) is 31.0 Å². The van der Waals surface area contributed by atoms with Crippen molar-refractivity contribution in [2.45, 2.75) is 18.7 Å². The molecule has 1 aliphatic rings. The van der Waals surface area contributed by atoms with Crippen LogP contribution in [0.25, 0.3) is 11.0 Å². The highest BCUT2D eigenvalue weighted by molar-refractivity contribution is 6.21. The van der Waals surface area contributed by atoms with E-state index >= 15 is 0 Å². The molecule has 1 aromatic carbocycles. The summed E-state index contributed by atoms with van der Waals surface area (Å²) in [5.74, 6) is 1.23. The molecule has 0 aliphatic carbocycles. The van der Waals surface area contributed by atoms with Gasteiger partial charge in [-0.15, -0.1) is 11.6 Å². The fourth-order valence-corrected chi connectivity index (χ4v) is 2.75. The molecule has 1 fully saturated rings. The molecule has 106 valence electrons. The van der Waals surface area contributed by atoms with Gasteiger partial charge in [0, 0.05) is 25.2 Å². The van der Waals surface area contributed by atoms with Gasteiger partial charge in [0.05, 0.1) is 21.3 Å². The molecule has 20 heavy (non-hydrogen) atoms. The van der Waals surface area contributed by atoms with Crippen LogP contribution in [0.4, 0.5) is 11.6 Å². The average Bonchev–Trinajstić information content (AvgIpc) is 2.84. The number of nitrogens with zero attached hydrogens (tertiary/aromatic N) is 3. The Bertz CT molecular complexity index is 657. The van der Waals surface area contributed by atoms with Crippen molar-refractivity contribution in [2.75, 3.05) is 18.0 Å². The van der Waals surface area contributed by atoms with Crippen LogP contribution in [0.3, 0.4) is 0 Å². The zero-order valence-electron chi connectivity index (χ0n) is 11.0. The number of H-pyrrole nitrogens is 1. The Balaban J connectivity index is 1.91. The Morgan fingerprint density at radius 2 is 2.35 bits per heavy atom. The fraction of sp³-hybridized carbons (Fsp3) is 0.462. The molecular formula is C13H15ClN4O2. The van der Waals surface area contributed by atoms with Gasteiger partial charge in [0.1, 0.15) is 0 Å². The second-order valence-corrected chi connectivity index (χ2v) is 5.81. The first kappa shape index (κ1) is 13.2. The van der Waals surface area contributed by atoms with Crippen LogP contribution in [0.1, 0.15) is 13.3 Å². The summed E-state index contributed by atoms with van der Waals surface area (Å²) in [6.45, 7) is 3.79. The van der Waals surface area contributed by atoms with Crippen LogP contribution in [0.2, 0.25) is 0 Å². The minimum Gasteiger partial charge on any atom is -0.341 e. The van der Waals surface area contributed by atoms with E-state index in [2.05, 4.69) is 21.8 Å². The SMILES string of the molecule is CC1CCN(c2nc3ccc([N+](=O)[O-])cc3[nH]2)CC1Cl. The Hall–Kier alpha value is -1.82. The van der Waals surface area contributed by atoms with Gasteiger partial charge in [0.15, 0.2) is 0 Å². The number of anilines is 1. The molecule has 0 saturated carbocycles. The molecule has 3 rings (SSSR count). The number of alkyl halides is 1. The molecule has 0 spiro atoms. The van der Waals surface area contributed by atoms with Gasteiger partial charge >= 0.3 is 0 Å². The lowest BCUT2D eigenvalue weighted by molar-refractivity contribution is -0.384. The summed E-state index contributed by atoms with van der Waals surface area (Å²) in [4.78, 5) is 20.1. The van der Waals surface area contributed by atoms with Gasteiger partial charge in [-0.05, 0) is 18.4 Å². The smallest absolute Gasteiger partial charge is 0.271 e. The summed E-state index contributed by atoms with van der Waals surface area (Å²) in [7, 11) is 0. The number of hydrogen-bond donors (Lipinski definition) is 1. The molecule has 2 unspecified atom stereocenters. The van der Waals surface area contributed by atoms with Crippen LogP contribution in [0.15, 0.2) is 18.2 Å². The molecule has 0 bridgehead atoms. The number of halogens is 1. The first-order chi connectivity index (χ1) is 9.54. The number of rotatable bonds is 2. The van der Waals surface area contributed by atoms with E-state index in [9.17, 15) is 10.1 Å². The standard InChI is InChI=1S/C13H15ClN4O2/c1-8-4-5-17(7-10(8)14)13-15-11-3-2-9(18(19)20)6-12(11)16-13/h2-3,6,8,10H,4-5,7H2,1H3,(H,15,16). The van der Waals surface area contributed by atoms with Crippen molar-refractivity contribution in [3.8, 4) is 0 Å². The van der Waals surface area contributed by atoms with Crippen molar-refractivity contribution in [1.29, 1.82) is 0 Å². The number of fused-ring (bicyclic) bond motifs is 1. The minimum absolute atomic E-state index is 0.0650. The Morgan fingerprint density at radius 3 is 3.05 bits per heavy atom. The lowest BCUT2D eigenvalue weighted by Gasteiger charge is -2.33. The maximum absolute atomic E-state index is 10.8. The van der Waals surface area contributed by atoms with E-state index < -0.39 is 4.92 Å². The number of nitro groups is 1. The molecule has 2 aromatic rings. The van der Waals surface area contributed by atoms with Gasteiger partial charge in [-0.3, -0.25) is 10.1 Å². The Kier molecular flexibility index (Phi) is 3.25. The quantitative estimate of drug-likeness (QED) is 0.525. The molecular weight excluding hydrogens is 280 g/mol. The summed E-state index contributed by atoms with van der Waals surface area (Å²) in [5, 5.41) is 10.9. The maximum Gasteiger partial charge on any atom is 0.271 e. The topological polar surface area (TPSA) is 75.1 Å². The van der Waals surface area contributed by atoms with Gasteiger partial charge in [-0.2, -0.15) is 0 Å². The van der Waals surface area contributed by atoms with E-state index in [0.29, 0.717) is 11.4 Å². The lowest BCUT2D eigenvalue weighted by atomic mass is 9.99. The highest BCUT2D eigenvalue weighted by atomic mass is 35.5. The van der Waals surface area contributed by atoms with Crippen LogP contribution in [-0.2, 0) is 0 Å². The largest absolute Gasteiger partial charge is 0.341 e. The zero-order chi connectivity index (χ0) is 14.3. The molecule has 1 saturated heterocycles. The monoisotopic (exact) mass is 294 g/mol. The van der Waals surface area contributed by atoms with Crippen LogP contribution in [-0.4, -0.2) is 33.4 Å². The lowest BCUT2D eigenvalue weighted by Crippen LogP contribution is -2.40. The second-order valence-electron chi connectivity index (χ2n) is 5.25. The second kappa shape index (κ2) is 4.94. The maximum atomic E-state index is 10.8. The summed E-state index contributed by atoms with van der Waals surface area (Å²) in [5.41, 5.74) is 1.48. The van der Waals surface area contributed by atoms with Gasteiger partial charge in [0.25, 0.3) is 5.69 Å². The third kappa shape index (κ3) is 2.31. The summed E-state index contributed by atoms with van der Waals surface area (Å²) in [6, 6.07) is 4.64. The molecule has 6 nitrogen and oxygen atoms in total. The first-order valence-electron chi connectivity index (χ1n) is 6.58. The normalized spacial score (nSPS) is 23.2. The molecule has 0 amide bonds. The summed E-state index contributed by atoms with van der Waals surface area (Å²) >= 11 is 6.30. The number of hydrogen-bond acceptors (Lipinski definition) is 4. The van der Waals surface area contributed by atoms with E-state index in [1.54, 1.807) is 6.07 Å². The molecule has 2 heterocycles.